The third kappa shape index (κ3) is 7.79. The van der Waals surface area contributed by atoms with Crippen LogP contribution in [0.2, 0.25) is 0 Å². The molecule has 3 N–H and O–H groups in total. The van der Waals surface area contributed by atoms with Gasteiger partial charge in [-0.05, 0) is 78.5 Å². The van der Waals surface area contributed by atoms with Gasteiger partial charge in [0, 0.05) is 24.8 Å². The minimum absolute atomic E-state index is 0. The fourth-order valence-corrected chi connectivity index (χ4v) is 6.94. The molecule has 1 aliphatic rings. The number of rotatable bonds is 9. The number of hydrogen-bond acceptors (Lipinski definition) is 4. The predicted octanol–water partition coefficient (Wildman–Crippen LogP) is 8.11. The van der Waals surface area contributed by atoms with E-state index in [1.807, 2.05) is 6.92 Å². The number of ketones is 1. The van der Waals surface area contributed by atoms with E-state index >= 15 is 0 Å². The van der Waals surface area contributed by atoms with Gasteiger partial charge in [0.25, 0.3) is 5.92 Å². The number of halogens is 3. The third-order valence-corrected chi connectivity index (χ3v) is 9.54. The van der Waals surface area contributed by atoms with Crippen LogP contribution in [0.3, 0.4) is 0 Å². The van der Waals surface area contributed by atoms with Crippen LogP contribution in [0.15, 0.2) is 77.7 Å². The summed E-state index contributed by atoms with van der Waals surface area (Å²) in [4.78, 5) is 13.1. The minimum atomic E-state index is -3.50. The molecule has 0 amide bonds. The molecular weight excluding hydrogens is 523 g/mol. The molecular formula is C31H36F3NO3S. The molecule has 4 rings (SSSR count). The SMILES string of the molecule is C[C@@H](CC(=O)C1CCC(CS(=O)(=O)c2ccc(-c3ccc(C(C)(F)F)cc3)cc2)CC1)c1ccc(F)cc1.N. The largest absolute Gasteiger partial charge is 0.344 e. The molecule has 0 radical (unpaired) electrons. The van der Waals surface area contributed by atoms with Crippen molar-refractivity contribution in [2.45, 2.75) is 62.7 Å². The summed E-state index contributed by atoms with van der Waals surface area (Å²) < 4.78 is 66.2. The molecule has 0 bridgehead atoms. The van der Waals surface area contributed by atoms with Gasteiger partial charge in [0.2, 0.25) is 0 Å². The highest BCUT2D eigenvalue weighted by Gasteiger charge is 2.30. The molecule has 1 saturated carbocycles. The van der Waals surface area contributed by atoms with Crippen molar-refractivity contribution >= 4 is 15.6 Å². The van der Waals surface area contributed by atoms with E-state index in [0.29, 0.717) is 32.1 Å². The van der Waals surface area contributed by atoms with Gasteiger partial charge < -0.3 is 6.15 Å². The van der Waals surface area contributed by atoms with Crippen molar-refractivity contribution in [3.05, 3.63) is 89.7 Å². The maximum absolute atomic E-state index is 13.5. The fraction of sp³-hybridized carbons (Fsp3) is 0.387. The van der Waals surface area contributed by atoms with E-state index in [1.54, 1.807) is 48.5 Å². The van der Waals surface area contributed by atoms with Gasteiger partial charge in [0.1, 0.15) is 11.6 Å². The first kappa shape index (κ1) is 30.6. The first-order valence-corrected chi connectivity index (χ1v) is 14.7. The minimum Gasteiger partial charge on any atom is -0.344 e. The Labute approximate surface area is 229 Å². The fourth-order valence-electron chi connectivity index (χ4n) is 5.25. The van der Waals surface area contributed by atoms with Gasteiger partial charge in [-0.15, -0.1) is 0 Å². The van der Waals surface area contributed by atoms with Crippen LogP contribution in [0.5, 0.6) is 0 Å². The first-order chi connectivity index (χ1) is 17.9. The molecule has 3 aromatic rings. The Balaban J connectivity index is 0.00000420. The number of hydrogen-bond donors (Lipinski definition) is 1. The van der Waals surface area contributed by atoms with Crippen LogP contribution in [0.1, 0.15) is 63.0 Å². The van der Waals surface area contributed by atoms with E-state index in [4.69, 9.17) is 0 Å². The first-order valence-electron chi connectivity index (χ1n) is 13.0. The Morgan fingerprint density at radius 3 is 1.90 bits per heavy atom. The van der Waals surface area contributed by atoms with Gasteiger partial charge in [-0.2, -0.15) is 0 Å². The summed E-state index contributed by atoms with van der Waals surface area (Å²) in [6.45, 7) is 2.82. The zero-order valence-corrected chi connectivity index (χ0v) is 23.2. The van der Waals surface area contributed by atoms with Crippen molar-refractivity contribution in [3.63, 3.8) is 0 Å². The van der Waals surface area contributed by atoms with Crippen molar-refractivity contribution in [1.82, 2.24) is 6.15 Å². The molecule has 0 heterocycles. The van der Waals surface area contributed by atoms with Crippen molar-refractivity contribution < 1.29 is 26.4 Å². The van der Waals surface area contributed by atoms with Gasteiger partial charge >= 0.3 is 0 Å². The molecule has 0 spiro atoms. The lowest BCUT2D eigenvalue weighted by Crippen LogP contribution is -2.26. The normalized spacial score (nSPS) is 18.7. The van der Waals surface area contributed by atoms with Crippen LogP contribution in [0.25, 0.3) is 11.1 Å². The molecule has 1 atom stereocenters. The average Bonchev–Trinajstić information content (AvgIpc) is 2.89. The Kier molecular flexibility index (Phi) is 9.78. The van der Waals surface area contributed by atoms with Crippen molar-refractivity contribution in [2.75, 3.05) is 5.75 Å². The van der Waals surface area contributed by atoms with Crippen LogP contribution in [-0.4, -0.2) is 20.0 Å². The van der Waals surface area contributed by atoms with Crippen LogP contribution in [0, 0.1) is 17.7 Å². The number of Topliss-reactive ketones (excluding diaryl/α,β-unsaturated/α-hetero) is 1. The maximum Gasteiger partial charge on any atom is 0.270 e. The van der Waals surface area contributed by atoms with Gasteiger partial charge in [0.05, 0.1) is 10.6 Å². The number of sulfone groups is 1. The average molecular weight is 560 g/mol. The Morgan fingerprint density at radius 1 is 0.872 bits per heavy atom. The lowest BCUT2D eigenvalue weighted by molar-refractivity contribution is -0.124. The maximum atomic E-state index is 13.5. The lowest BCUT2D eigenvalue weighted by Gasteiger charge is -2.28. The molecule has 0 unspecified atom stereocenters. The van der Waals surface area contributed by atoms with E-state index in [1.165, 1.54) is 24.3 Å². The number of alkyl halides is 2. The smallest absolute Gasteiger partial charge is 0.270 e. The Morgan fingerprint density at radius 2 is 1.38 bits per heavy atom. The van der Waals surface area contributed by atoms with E-state index in [9.17, 15) is 26.4 Å². The summed E-state index contributed by atoms with van der Waals surface area (Å²) in [5, 5.41) is 0. The van der Waals surface area contributed by atoms with E-state index < -0.39 is 15.8 Å². The van der Waals surface area contributed by atoms with E-state index in [-0.39, 0.29) is 51.7 Å². The Hall–Kier alpha value is -2.97. The van der Waals surface area contributed by atoms with Gasteiger partial charge in [-0.1, -0.05) is 55.5 Å². The van der Waals surface area contributed by atoms with Crippen LogP contribution in [-0.2, 0) is 20.6 Å². The standard InChI is InChI=1S/C31H33F3O3S.H3N/c1-21(23-9-15-28(32)16-10-23)19-30(35)26-5-3-22(4-6-26)20-38(36,37)29-17-11-25(12-18-29)24-7-13-27(14-8-24)31(2,33)34;/h7-18,21-22,26H,3-6,19-20H2,1-2H3;1H3/t21-,22?,26?;/m0./s1. The quantitative estimate of drug-likeness (QED) is 0.287. The summed E-state index contributed by atoms with van der Waals surface area (Å²) in [5.41, 5.74) is 2.35. The third-order valence-electron chi connectivity index (χ3n) is 7.64. The molecule has 4 nitrogen and oxygen atoms in total. The van der Waals surface area contributed by atoms with E-state index in [2.05, 4.69) is 0 Å². The molecule has 1 aliphatic carbocycles. The highest BCUT2D eigenvalue weighted by Crippen LogP contribution is 2.34. The monoisotopic (exact) mass is 559 g/mol. The molecule has 0 aliphatic heterocycles. The summed E-state index contributed by atoms with van der Waals surface area (Å²) in [6, 6.07) is 18.7. The van der Waals surface area contributed by atoms with Crippen molar-refractivity contribution in [2.24, 2.45) is 11.8 Å². The number of carbonyl (C=O) groups is 1. The number of carbonyl (C=O) groups excluding carboxylic acids is 1. The second-order valence-electron chi connectivity index (χ2n) is 10.6. The number of benzene rings is 3. The zero-order valence-electron chi connectivity index (χ0n) is 22.4. The summed E-state index contributed by atoms with van der Waals surface area (Å²) >= 11 is 0. The molecule has 3 aromatic carbocycles. The highest BCUT2D eigenvalue weighted by atomic mass is 32.2. The van der Waals surface area contributed by atoms with Gasteiger partial charge in [-0.25, -0.2) is 21.6 Å². The van der Waals surface area contributed by atoms with Crippen LogP contribution >= 0.6 is 0 Å². The molecule has 1 fully saturated rings. The van der Waals surface area contributed by atoms with Crippen molar-refractivity contribution in [1.29, 1.82) is 0 Å². The zero-order chi connectivity index (χ0) is 27.5. The molecule has 0 aromatic heterocycles. The van der Waals surface area contributed by atoms with E-state index in [0.717, 1.165) is 23.6 Å². The van der Waals surface area contributed by atoms with Crippen molar-refractivity contribution in [3.8, 4) is 11.1 Å². The van der Waals surface area contributed by atoms with Gasteiger partial charge in [0.15, 0.2) is 9.84 Å². The van der Waals surface area contributed by atoms with Crippen LogP contribution < -0.4 is 6.15 Å². The Bertz CT molecular complexity index is 1340. The molecule has 39 heavy (non-hydrogen) atoms. The second-order valence-corrected chi connectivity index (χ2v) is 12.6. The molecule has 8 heteroatoms. The second kappa shape index (κ2) is 12.5. The summed E-state index contributed by atoms with van der Waals surface area (Å²) in [5.74, 6) is -3.03. The topological polar surface area (TPSA) is 86.2 Å². The molecule has 0 saturated heterocycles. The lowest BCUT2D eigenvalue weighted by atomic mass is 9.78. The van der Waals surface area contributed by atoms with Gasteiger partial charge in [-0.3, -0.25) is 4.79 Å². The predicted molar refractivity (Wildman–Crippen MR) is 148 cm³/mol. The molecule has 210 valence electrons. The summed E-state index contributed by atoms with van der Waals surface area (Å²) in [7, 11) is -3.50. The highest BCUT2D eigenvalue weighted by molar-refractivity contribution is 7.91. The summed E-state index contributed by atoms with van der Waals surface area (Å²) in [6.07, 6.45) is 3.14. The van der Waals surface area contributed by atoms with Crippen LogP contribution in [0.4, 0.5) is 13.2 Å².